The number of hydrogen-bond donors (Lipinski definition) is 3. The second-order valence-electron chi connectivity index (χ2n) is 13.3. The lowest BCUT2D eigenvalue weighted by Crippen LogP contribution is -3.02. The number of carbonyl (C=O) groups excluding carboxylic acids is 1. The van der Waals surface area contributed by atoms with Gasteiger partial charge in [0.15, 0.2) is 0 Å². The van der Waals surface area contributed by atoms with Gasteiger partial charge in [0.2, 0.25) is 5.91 Å². The number of amides is 1. The monoisotopic (exact) mass is 630 g/mol. The van der Waals surface area contributed by atoms with E-state index in [2.05, 4.69) is 12.2 Å². The van der Waals surface area contributed by atoms with Crippen molar-refractivity contribution in [2.45, 2.75) is 90.5 Å². The largest absolute Gasteiger partial charge is 0.629 e. The predicted octanol–water partition coefficient (Wildman–Crippen LogP) is 6.38. The highest BCUT2D eigenvalue weighted by Crippen LogP contribution is 2.61. The van der Waals surface area contributed by atoms with Gasteiger partial charge in [0, 0.05) is 17.6 Å². The number of quaternary nitrogens is 1. The van der Waals surface area contributed by atoms with Gasteiger partial charge < -0.3 is 20.7 Å². The standard InChI is InChI=1S/C33H44F6N2O3/c1-19(2)27-13-20(3)8-9-21-10-11-25(15-22(21)14-24(18-42)40-31(27)43)41(44)12-6-4-5-7-26-28-16-23(32(34,35)36)17-29(30(26)28)33(37,38)39/h10-11,15-17,19-20,24,26-28,30,41-42H,4-9,12-14,18H2,1-3H3,(H,40,43)/t20?,24-,26?,27-,28?,30?/m0/s1. The first-order chi connectivity index (χ1) is 20.6. The number of benzene rings is 1. The van der Waals surface area contributed by atoms with E-state index in [-0.39, 0.29) is 42.0 Å². The molecule has 1 aromatic carbocycles. The van der Waals surface area contributed by atoms with Gasteiger partial charge >= 0.3 is 12.4 Å². The lowest BCUT2D eigenvalue weighted by molar-refractivity contribution is -0.776. The molecular formula is C33H44F6N2O3. The molecule has 0 spiro atoms. The number of hydroxylamine groups is 1. The van der Waals surface area contributed by atoms with E-state index in [1.807, 2.05) is 26.0 Å². The van der Waals surface area contributed by atoms with E-state index in [1.54, 1.807) is 6.07 Å². The Morgan fingerprint density at radius 2 is 1.80 bits per heavy atom. The summed E-state index contributed by atoms with van der Waals surface area (Å²) in [6.45, 7) is 6.22. The van der Waals surface area contributed by atoms with E-state index >= 15 is 0 Å². The normalized spacial score (nSPS) is 28.7. The number of fused-ring (bicyclic) bond motifs is 2. The fraction of sp³-hybridized carbons (Fsp3) is 0.667. The van der Waals surface area contributed by atoms with Crippen molar-refractivity contribution in [1.82, 2.24) is 5.32 Å². The van der Waals surface area contributed by atoms with E-state index < -0.39 is 47.3 Å². The third kappa shape index (κ3) is 8.46. The van der Waals surface area contributed by atoms with Crippen LogP contribution in [0.25, 0.3) is 0 Å². The van der Waals surface area contributed by atoms with Crippen molar-refractivity contribution in [3.63, 3.8) is 0 Å². The van der Waals surface area contributed by atoms with Crippen LogP contribution < -0.4 is 10.4 Å². The van der Waals surface area contributed by atoms with Crippen LogP contribution in [-0.4, -0.2) is 42.6 Å². The van der Waals surface area contributed by atoms with Crippen LogP contribution in [-0.2, 0) is 17.6 Å². The van der Waals surface area contributed by atoms with Crippen LogP contribution in [0, 0.1) is 40.7 Å². The summed E-state index contributed by atoms with van der Waals surface area (Å²) in [5, 5.41) is 26.0. The average Bonchev–Trinajstić information content (AvgIpc) is 3.65. The molecule has 3 N–H and O–H groups in total. The lowest BCUT2D eigenvalue weighted by Gasteiger charge is -2.26. The summed E-state index contributed by atoms with van der Waals surface area (Å²) >= 11 is 0. The van der Waals surface area contributed by atoms with Crippen LogP contribution in [0.5, 0.6) is 0 Å². The highest BCUT2D eigenvalue weighted by Gasteiger charge is 2.59. The Morgan fingerprint density at radius 3 is 2.43 bits per heavy atom. The van der Waals surface area contributed by atoms with Gasteiger partial charge in [-0.15, -0.1) is 0 Å². The molecule has 2 aliphatic carbocycles. The molecule has 0 radical (unpaired) electrons. The van der Waals surface area contributed by atoms with Crippen molar-refractivity contribution in [3.8, 4) is 0 Å². The lowest BCUT2D eigenvalue weighted by atomic mass is 9.84. The van der Waals surface area contributed by atoms with Gasteiger partial charge in [-0.1, -0.05) is 39.3 Å². The van der Waals surface area contributed by atoms with E-state index in [0.29, 0.717) is 43.7 Å². The smallest absolute Gasteiger partial charge is 0.416 e. The number of nitrogens with one attached hydrogen (secondary N) is 2. The zero-order valence-corrected chi connectivity index (χ0v) is 25.5. The zero-order valence-electron chi connectivity index (χ0n) is 25.5. The van der Waals surface area contributed by atoms with Crippen molar-refractivity contribution in [2.24, 2.45) is 35.5 Å². The SMILES string of the molecule is CC1CCc2ccc([NH+]([O-])CCCCCC3C4C=C(C(F)(F)F)C=C(C(F)(F)F)C43)cc2C[C@@H](CO)NC(=O)[C@H](C(C)C)C1. The van der Waals surface area contributed by atoms with Gasteiger partial charge in [0.1, 0.15) is 5.69 Å². The Labute approximate surface area is 255 Å². The molecule has 0 aromatic heterocycles. The summed E-state index contributed by atoms with van der Waals surface area (Å²) in [5.41, 5.74) is 0.231. The maximum absolute atomic E-state index is 13.4. The van der Waals surface area contributed by atoms with E-state index in [1.165, 1.54) is 0 Å². The molecule has 5 unspecified atom stereocenters. The fourth-order valence-electron chi connectivity index (χ4n) is 6.99. The number of unbranched alkanes of at least 4 members (excludes halogenated alkanes) is 2. The first kappa shape index (κ1) is 34.5. The van der Waals surface area contributed by atoms with Crippen molar-refractivity contribution >= 4 is 11.6 Å². The van der Waals surface area contributed by atoms with E-state index in [9.17, 15) is 41.5 Å². The minimum atomic E-state index is -4.82. The topological polar surface area (TPSA) is 76.8 Å². The van der Waals surface area contributed by atoms with Crippen LogP contribution in [0.15, 0.2) is 41.5 Å². The molecule has 3 aliphatic rings. The third-order valence-electron chi connectivity index (χ3n) is 9.63. The van der Waals surface area contributed by atoms with Gasteiger partial charge in [-0.05, 0) is 97.8 Å². The number of carbonyl (C=O) groups is 1. The van der Waals surface area contributed by atoms with Gasteiger partial charge in [-0.3, -0.25) is 4.79 Å². The molecule has 5 nitrogen and oxygen atoms in total. The first-order valence-electron chi connectivity index (χ1n) is 15.7. The summed E-state index contributed by atoms with van der Waals surface area (Å²) in [5.74, 6) is -1.84. The quantitative estimate of drug-likeness (QED) is 0.169. The highest BCUT2D eigenvalue weighted by molar-refractivity contribution is 5.79. The summed E-state index contributed by atoms with van der Waals surface area (Å²) < 4.78 is 79.7. The molecule has 1 aromatic rings. The maximum atomic E-state index is 13.4. The number of aliphatic hydroxyl groups excluding tert-OH is 1. The van der Waals surface area contributed by atoms with Crippen molar-refractivity contribution in [2.75, 3.05) is 13.2 Å². The molecular weight excluding hydrogens is 586 g/mol. The highest BCUT2D eigenvalue weighted by atomic mass is 19.4. The molecule has 1 heterocycles. The summed E-state index contributed by atoms with van der Waals surface area (Å²) in [7, 11) is 0. The van der Waals surface area contributed by atoms with Crippen LogP contribution >= 0.6 is 0 Å². The molecule has 1 fully saturated rings. The second-order valence-corrected chi connectivity index (χ2v) is 13.3. The van der Waals surface area contributed by atoms with Gasteiger partial charge in [-0.2, -0.15) is 26.3 Å². The van der Waals surface area contributed by atoms with Crippen LogP contribution in [0.2, 0.25) is 0 Å². The molecule has 1 aliphatic heterocycles. The summed E-state index contributed by atoms with van der Waals surface area (Å²) in [4.78, 5) is 13.0. The Balaban J connectivity index is 1.33. The third-order valence-corrected chi connectivity index (χ3v) is 9.63. The minimum absolute atomic E-state index is 0.0607. The van der Waals surface area contributed by atoms with Gasteiger partial charge in [0.05, 0.1) is 24.8 Å². The fourth-order valence-corrected chi connectivity index (χ4v) is 6.99. The Morgan fingerprint density at radius 1 is 1.07 bits per heavy atom. The van der Waals surface area contributed by atoms with Crippen LogP contribution in [0.3, 0.4) is 0 Å². The number of rotatable bonds is 9. The number of alkyl halides is 6. The molecule has 4 rings (SSSR count). The second kappa shape index (κ2) is 14.0. The molecule has 11 heteroatoms. The Hall–Kier alpha value is -2.37. The summed E-state index contributed by atoms with van der Waals surface area (Å²) in [6.07, 6.45) is -3.53. The first-order valence-corrected chi connectivity index (χ1v) is 15.7. The Kier molecular flexibility index (Phi) is 10.9. The summed E-state index contributed by atoms with van der Waals surface area (Å²) in [6, 6.07) is 5.13. The predicted molar refractivity (Wildman–Crippen MR) is 156 cm³/mol. The molecule has 1 amide bonds. The number of aliphatic hydroxyl groups is 1. The number of allylic oxidation sites excluding steroid dienone is 4. The molecule has 246 valence electrons. The van der Waals surface area contributed by atoms with E-state index in [0.717, 1.165) is 36.5 Å². The molecule has 0 saturated heterocycles. The zero-order chi connectivity index (χ0) is 32.4. The molecule has 0 bridgehead atoms. The molecule has 7 atom stereocenters. The van der Waals surface area contributed by atoms with Crippen LogP contribution in [0.4, 0.5) is 32.0 Å². The maximum Gasteiger partial charge on any atom is 0.416 e. The van der Waals surface area contributed by atoms with Crippen LogP contribution in [0.1, 0.15) is 70.4 Å². The Bertz CT molecular complexity index is 1220. The average molecular weight is 631 g/mol. The van der Waals surface area contributed by atoms with Crippen molar-refractivity contribution < 1.29 is 41.3 Å². The number of hydrogen-bond acceptors (Lipinski definition) is 3. The van der Waals surface area contributed by atoms with E-state index in [4.69, 9.17) is 0 Å². The minimum Gasteiger partial charge on any atom is -0.629 e. The number of halogens is 6. The van der Waals surface area contributed by atoms with Gasteiger partial charge in [-0.25, -0.2) is 0 Å². The van der Waals surface area contributed by atoms with Crippen molar-refractivity contribution in [3.05, 3.63) is 57.8 Å². The van der Waals surface area contributed by atoms with Gasteiger partial charge in [0.25, 0.3) is 0 Å². The number of aryl methyl sites for hydroxylation is 1. The molecule has 44 heavy (non-hydrogen) atoms. The molecule has 1 saturated carbocycles. The van der Waals surface area contributed by atoms with Crippen molar-refractivity contribution in [1.29, 1.82) is 0 Å².